The van der Waals surface area contributed by atoms with Crippen molar-refractivity contribution in [3.63, 3.8) is 0 Å². The molecule has 0 spiro atoms. The summed E-state index contributed by atoms with van der Waals surface area (Å²) < 4.78 is 2.30. The first-order valence-electron chi connectivity index (χ1n) is 9.66. The Morgan fingerprint density at radius 1 is 1.00 bits per heavy atom. The number of rotatable bonds is 4. The zero-order valence-corrected chi connectivity index (χ0v) is 16.3. The first kappa shape index (κ1) is 16.6. The fourth-order valence-corrected chi connectivity index (χ4v) is 5.07. The van der Waals surface area contributed by atoms with Crippen LogP contribution in [0.15, 0.2) is 60.0 Å². The van der Waals surface area contributed by atoms with Gasteiger partial charge in [0, 0.05) is 34.9 Å². The van der Waals surface area contributed by atoms with Crippen molar-refractivity contribution in [1.29, 1.82) is 0 Å². The summed E-state index contributed by atoms with van der Waals surface area (Å²) in [5.41, 5.74) is 6.00. The van der Waals surface area contributed by atoms with E-state index in [0.29, 0.717) is 6.04 Å². The molecule has 5 rings (SSSR count). The lowest BCUT2D eigenvalue weighted by Crippen LogP contribution is -2.14. The summed E-state index contributed by atoms with van der Waals surface area (Å²) in [5.74, 6) is 0. The fourth-order valence-electron chi connectivity index (χ4n) is 4.29. The van der Waals surface area contributed by atoms with Gasteiger partial charge in [0.2, 0.25) is 0 Å². The molecular weight excluding hydrogens is 350 g/mol. The number of nitrogens with zero attached hydrogens (tertiary/aromatic N) is 2. The molecule has 4 aromatic rings. The van der Waals surface area contributed by atoms with E-state index in [0.717, 1.165) is 10.8 Å². The van der Waals surface area contributed by atoms with E-state index in [1.807, 2.05) is 0 Å². The summed E-state index contributed by atoms with van der Waals surface area (Å²) in [6, 6.07) is 19.8. The van der Waals surface area contributed by atoms with Crippen molar-refractivity contribution in [3.8, 4) is 22.5 Å². The molecule has 1 N–H and O–H groups in total. The van der Waals surface area contributed by atoms with Gasteiger partial charge < -0.3 is 9.88 Å². The largest absolute Gasteiger partial charge is 0.359 e. The zero-order valence-electron chi connectivity index (χ0n) is 15.5. The van der Waals surface area contributed by atoms with Gasteiger partial charge in [0.25, 0.3) is 0 Å². The number of aromatic nitrogens is 2. The van der Waals surface area contributed by atoms with E-state index in [9.17, 15) is 0 Å². The van der Waals surface area contributed by atoms with Gasteiger partial charge in [0.1, 0.15) is 0 Å². The SMILES string of the molecule is Cn1c(-c2ccccc2)c(-c2csc(NC3CCCC3)n2)c2ccccc21. The van der Waals surface area contributed by atoms with Gasteiger partial charge in [0.15, 0.2) is 5.13 Å². The Morgan fingerprint density at radius 3 is 2.56 bits per heavy atom. The number of hydrogen-bond donors (Lipinski definition) is 1. The number of benzene rings is 2. The molecule has 1 saturated carbocycles. The highest BCUT2D eigenvalue weighted by atomic mass is 32.1. The van der Waals surface area contributed by atoms with Gasteiger partial charge in [-0.05, 0) is 24.5 Å². The average molecular weight is 374 g/mol. The van der Waals surface area contributed by atoms with E-state index >= 15 is 0 Å². The van der Waals surface area contributed by atoms with Gasteiger partial charge in [-0.15, -0.1) is 11.3 Å². The number of para-hydroxylation sites is 1. The third-order valence-corrected chi connectivity index (χ3v) is 6.37. The first-order chi connectivity index (χ1) is 13.3. The molecule has 1 aliphatic rings. The van der Waals surface area contributed by atoms with Crippen LogP contribution in [-0.2, 0) is 7.05 Å². The lowest BCUT2D eigenvalue weighted by molar-refractivity contribution is 0.754. The highest BCUT2D eigenvalue weighted by molar-refractivity contribution is 7.14. The van der Waals surface area contributed by atoms with Crippen molar-refractivity contribution in [2.24, 2.45) is 7.05 Å². The minimum absolute atomic E-state index is 0.588. The quantitative estimate of drug-likeness (QED) is 0.453. The van der Waals surface area contributed by atoms with Crippen molar-refractivity contribution >= 4 is 27.4 Å². The number of fused-ring (bicyclic) bond motifs is 1. The van der Waals surface area contributed by atoms with E-state index in [4.69, 9.17) is 4.98 Å². The molecule has 1 fully saturated rings. The zero-order chi connectivity index (χ0) is 18.2. The molecule has 1 aliphatic carbocycles. The van der Waals surface area contributed by atoms with Crippen LogP contribution in [0.1, 0.15) is 25.7 Å². The van der Waals surface area contributed by atoms with Gasteiger partial charge >= 0.3 is 0 Å². The van der Waals surface area contributed by atoms with Gasteiger partial charge in [-0.2, -0.15) is 0 Å². The highest BCUT2D eigenvalue weighted by Gasteiger charge is 2.21. The van der Waals surface area contributed by atoms with Gasteiger partial charge in [-0.25, -0.2) is 4.98 Å². The van der Waals surface area contributed by atoms with Gasteiger partial charge in [-0.1, -0.05) is 61.4 Å². The van der Waals surface area contributed by atoms with Crippen molar-refractivity contribution in [2.45, 2.75) is 31.7 Å². The molecule has 0 aliphatic heterocycles. The highest BCUT2D eigenvalue weighted by Crippen LogP contribution is 2.41. The molecule has 136 valence electrons. The Hall–Kier alpha value is -2.59. The molecule has 2 heterocycles. The normalized spacial score (nSPS) is 14.9. The molecular formula is C23H23N3S. The van der Waals surface area contributed by atoms with E-state index in [-0.39, 0.29) is 0 Å². The molecule has 0 radical (unpaired) electrons. The minimum Gasteiger partial charge on any atom is -0.359 e. The maximum atomic E-state index is 4.99. The summed E-state index contributed by atoms with van der Waals surface area (Å²) in [5, 5.41) is 8.15. The topological polar surface area (TPSA) is 29.9 Å². The molecule has 4 heteroatoms. The van der Waals surface area contributed by atoms with Crippen LogP contribution in [0.5, 0.6) is 0 Å². The number of thiazole rings is 1. The summed E-state index contributed by atoms with van der Waals surface area (Å²) in [6.07, 6.45) is 5.19. The molecule has 0 saturated heterocycles. The summed E-state index contributed by atoms with van der Waals surface area (Å²) >= 11 is 1.72. The number of anilines is 1. The molecule has 2 aromatic carbocycles. The van der Waals surface area contributed by atoms with Gasteiger partial charge in [-0.3, -0.25) is 0 Å². The van der Waals surface area contributed by atoms with Crippen molar-refractivity contribution in [1.82, 2.24) is 9.55 Å². The minimum atomic E-state index is 0.588. The lowest BCUT2D eigenvalue weighted by Gasteiger charge is -2.10. The Labute approximate surface area is 163 Å². The van der Waals surface area contributed by atoms with E-state index in [1.165, 1.54) is 53.4 Å². The van der Waals surface area contributed by atoms with Crippen LogP contribution < -0.4 is 5.32 Å². The molecule has 0 amide bonds. The van der Waals surface area contributed by atoms with E-state index in [2.05, 4.69) is 76.9 Å². The van der Waals surface area contributed by atoms with Crippen LogP contribution in [0.4, 0.5) is 5.13 Å². The van der Waals surface area contributed by atoms with Crippen LogP contribution >= 0.6 is 11.3 Å². The standard InChI is InChI=1S/C23H23N3S/c1-26-20-14-8-7-13-18(20)21(22(26)16-9-3-2-4-10-16)19-15-27-23(25-19)24-17-11-5-6-12-17/h2-4,7-10,13-15,17H,5-6,11-12H2,1H3,(H,24,25). The molecule has 0 bridgehead atoms. The molecule has 0 atom stereocenters. The fraction of sp³-hybridized carbons (Fsp3) is 0.261. The van der Waals surface area contributed by atoms with E-state index in [1.54, 1.807) is 11.3 Å². The number of aryl methyl sites for hydroxylation is 1. The van der Waals surface area contributed by atoms with Crippen LogP contribution in [0.25, 0.3) is 33.4 Å². The number of hydrogen-bond acceptors (Lipinski definition) is 3. The lowest BCUT2D eigenvalue weighted by atomic mass is 10.0. The van der Waals surface area contributed by atoms with Crippen LogP contribution in [0.2, 0.25) is 0 Å². The number of nitrogens with one attached hydrogen (secondary N) is 1. The second-order valence-corrected chi connectivity index (χ2v) is 8.19. The monoisotopic (exact) mass is 373 g/mol. The molecule has 0 unspecified atom stereocenters. The third kappa shape index (κ3) is 2.94. The van der Waals surface area contributed by atoms with Gasteiger partial charge in [0.05, 0.1) is 11.4 Å². The summed E-state index contributed by atoms with van der Waals surface area (Å²) in [7, 11) is 2.15. The van der Waals surface area contributed by atoms with Crippen molar-refractivity contribution in [3.05, 3.63) is 60.0 Å². The van der Waals surface area contributed by atoms with E-state index < -0.39 is 0 Å². The predicted octanol–water partition coefficient (Wildman–Crippen LogP) is 6.32. The predicted molar refractivity (Wildman–Crippen MR) is 115 cm³/mol. The molecule has 3 nitrogen and oxygen atoms in total. The smallest absolute Gasteiger partial charge is 0.183 e. The molecule has 2 aromatic heterocycles. The maximum Gasteiger partial charge on any atom is 0.183 e. The summed E-state index contributed by atoms with van der Waals surface area (Å²) in [4.78, 5) is 4.99. The Bertz CT molecular complexity index is 1070. The Balaban J connectivity index is 1.65. The Morgan fingerprint density at radius 2 is 1.74 bits per heavy atom. The second kappa shape index (κ2) is 6.86. The molecule has 27 heavy (non-hydrogen) atoms. The van der Waals surface area contributed by atoms with Crippen molar-refractivity contribution in [2.75, 3.05) is 5.32 Å². The maximum absolute atomic E-state index is 4.99. The van der Waals surface area contributed by atoms with Crippen LogP contribution in [0, 0.1) is 0 Å². The van der Waals surface area contributed by atoms with Crippen LogP contribution in [0.3, 0.4) is 0 Å². The first-order valence-corrected chi connectivity index (χ1v) is 10.5. The average Bonchev–Trinajstić information content (AvgIpc) is 3.43. The third-order valence-electron chi connectivity index (χ3n) is 5.60. The Kier molecular flexibility index (Phi) is 4.21. The van der Waals surface area contributed by atoms with Crippen molar-refractivity contribution < 1.29 is 0 Å². The second-order valence-electron chi connectivity index (χ2n) is 7.33. The van der Waals surface area contributed by atoms with Crippen LogP contribution in [-0.4, -0.2) is 15.6 Å². The summed E-state index contributed by atoms with van der Waals surface area (Å²) in [6.45, 7) is 0.